The zero-order valence-corrected chi connectivity index (χ0v) is 22.5. The quantitative estimate of drug-likeness (QED) is 0.296. The Hall–Kier alpha value is -4.15. The summed E-state index contributed by atoms with van der Waals surface area (Å²) in [4.78, 5) is 47.4. The molecule has 6 rings (SSSR count). The Balaban J connectivity index is 1.29. The van der Waals surface area contributed by atoms with Gasteiger partial charge >= 0.3 is 6.03 Å². The molecule has 0 spiro atoms. The number of hydrogen-bond donors (Lipinski definition) is 2. The van der Waals surface area contributed by atoms with Crippen LogP contribution in [0.15, 0.2) is 60.8 Å². The Bertz CT molecular complexity index is 1610. The third-order valence-electron chi connectivity index (χ3n) is 6.83. The smallest absolute Gasteiger partial charge is 0.331 e. The van der Waals surface area contributed by atoms with Crippen LogP contribution in [0.2, 0.25) is 0 Å². The lowest BCUT2D eigenvalue weighted by molar-refractivity contribution is -0.127. The highest BCUT2D eigenvalue weighted by Gasteiger charge is 2.34. The molecule has 4 heterocycles. The van der Waals surface area contributed by atoms with E-state index in [1.807, 2.05) is 55.5 Å². The van der Waals surface area contributed by atoms with E-state index >= 15 is 0 Å². The minimum absolute atomic E-state index is 0.0830. The number of nitrogens with zero attached hydrogens (tertiary/aromatic N) is 3. The average molecular weight is 562 g/mol. The van der Waals surface area contributed by atoms with Gasteiger partial charge in [0.1, 0.15) is 27.1 Å². The fourth-order valence-electron chi connectivity index (χ4n) is 4.99. The van der Waals surface area contributed by atoms with Gasteiger partial charge < -0.3 is 20.3 Å². The van der Waals surface area contributed by atoms with Gasteiger partial charge in [0, 0.05) is 25.3 Å². The van der Waals surface area contributed by atoms with Gasteiger partial charge in [0.2, 0.25) is 5.91 Å². The minimum Gasteiger partial charge on any atom is -0.457 e. The number of pyridine rings is 1. The van der Waals surface area contributed by atoms with Crippen LogP contribution < -0.4 is 20.3 Å². The standard InChI is InChI=1S/C28H24ClN5O4S/c1-16-13-19(38-18-5-3-2-4-6-18)7-8-20(16)34-21-9-11-30-27-23(21)24(32-28(34)37)25(39-27)26(36)31-17-10-12-33(15-17)22(35)14-29/h2-9,11,13,17H,10,12,14-15H2,1H3,(H,31,36)(H,32,37)/t17-/m1/s1. The molecular formula is C28H24ClN5O4S. The third kappa shape index (κ3) is 4.66. The van der Waals surface area contributed by atoms with E-state index in [9.17, 15) is 14.4 Å². The van der Waals surface area contributed by atoms with Crippen LogP contribution in [0.4, 0.5) is 21.9 Å². The SMILES string of the molecule is Cc1cc(Oc2ccccc2)ccc1N1C(=O)Nc2c(C(=O)N[C@@H]3CCN(C(=O)CCl)C3)sc3nccc1c23. The molecule has 0 radical (unpaired) electrons. The van der Waals surface area contributed by atoms with Gasteiger partial charge in [0.15, 0.2) is 0 Å². The van der Waals surface area contributed by atoms with E-state index in [-0.39, 0.29) is 29.8 Å². The van der Waals surface area contributed by atoms with Gasteiger partial charge in [-0.15, -0.1) is 22.9 Å². The van der Waals surface area contributed by atoms with Crippen LogP contribution in [-0.2, 0) is 4.79 Å². The van der Waals surface area contributed by atoms with Gasteiger partial charge in [0.25, 0.3) is 5.91 Å². The lowest BCUT2D eigenvalue weighted by Gasteiger charge is -2.29. The number of carbonyl (C=O) groups excluding carboxylic acids is 3. The highest BCUT2D eigenvalue weighted by atomic mass is 35.5. The third-order valence-corrected chi connectivity index (χ3v) is 8.16. The van der Waals surface area contributed by atoms with Crippen LogP contribution in [0, 0.1) is 6.92 Å². The lowest BCUT2D eigenvalue weighted by Crippen LogP contribution is -2.39. The predicted molar refractivity (Wildman–Crippen MR) is 152 cm³/mol. The Morgan fingerprint density at radius 2 is 1.97 bits per heavy atom. The van der Waals surface area contributed by atoms with Crippen LogP contribution in [-0.4, -0.2) is 52.7 Å². The maximum Gasteiger partial charge on any atom is 0.331 e. The molecule has 2 aliphatic rings. The molecule has 2 aromatic heterocycles. The zero-order valence-electron chi connectivity index (χ0n) is 20.9. The van der Waals surface area contributed by atoms with Gasteiger partial charge in [-0.1, -0.05) is 18.2 Å². The van der Waals surface area contributed by atoms with Crippen molar-refractivity contribution in [3.63, 3.8) is 0 Å². The molecular weight excluding hydrogens is 538 g/mol. The Morgan fingerprint density at radius 1 is 1.15 bits per heavy atom. The first-order valence-electron chi connectivity index (χ1n) is 12.4. The van der Waals surface area contributed by atoms with Crippen LogP contribution in [0.25, 0.3) is 10.2 Å². The number of thiophene rings is 1. The number of rotatable bonds is 6. The lowest BCUT2D eigenvalue weighted by atomic mass is 10.1. The second-order valence-electron chi connectivity index (χ2n) is 9.38. The number of nitrogens with one attached hydrogen (secondary N) is 2. The van der Waals surface area contributed by atoms with Crippen molar-refractivity contribution in [2.75, 3.05) is 29.2 Å². The molecule has 2 aliphatic heterocycles. The molecule has 1 atom stereocenters. The minimum atomic E-state index is -0.373. The van der Waals surface area contributed by atoms with Crippen molar-refractivity contribution in [2.24, 2.45) is 0 Å². The molecule has 2 N–H and O–H groups in total. The highest BCUT2D eigenvalue weighted by Crippen LogP contribution is 2.46. The van der Waals surface area contributed by atoms with E-state index in [4.69, 9.17) is 16.3 Å². The summed E-state index contributed by atoms with van der Waals surface area (Å²) in [6.45, 7) is 2.87. The topological polar surface area (TPSA) is 104 Å². The number of aryl methyl sites for hydroxylation is 1. The van der Waals surface area contributed by atoms with Crippen molar-refractivity contribution in [3.8, 4) is 11.5 Å². The summed E-state index contributed by atoms with van der Waals surface area (Å²) < 4.78 is 5.95. The number of benzene rings is 2. The summed E-state index contributed by atoms with van der Waals surface area (Å²) in [5.74, 6) is 0.840. The second-order valence-corrected chi connectivity index (χ2v) is 10.6. The average Bonchev–Trinajstić information content (AvgIpc) is 3.55. The van der Waals surface area contributed by atoms with Crippen molar-refractivity contribution in [1.29, 1.82) is 0 Å². The molecule has 9 nitrogen and oxygen atoms in total. The van der Waals surface area contributed by atoms with Crippen LogP contribution >= 0.6 is 22.9 Å². The fourth-order valence-corrected chi connectivity index (χ4v) is 6.18. The zero-order chi connectivity index (χ0) is 27.1. The van der Waals surface area contributed by atoms with Crippen molar-refractivity contribution in [1.82, 2.24) is 15.2 Å². The maximum absolute atomic E-state index is 13.5. The van der Waals surface area contributed by atoms with Crippen LogP contribution in [0.1, 0.15) is 21.7 Å². The summed E-state index contributed by atoms with van der Waals surface area (Å²) in [6.07, 6.45) is 2.28. The Labute approximate surface area is 233 Å². The Morgan fingerprint density at radius 3 is 2.74 bits per heavy atom. The summed E-state index contributed by atoms with van der Waals surface area (Å²) >= 11 is 6.90. The van der Waals surface area contributed by atoms with Gasteiger partial charge in [-0.3, -0.25) is 14.5 Å². The van der Waals surface area contributed by atoms with E-state index < -0.39 is 0 Å². The number of urea groups is 1. The van der Waals surface area contributed by atoms with E-state index in [0.717, 1.165) is 11.3 Å². The first-order chi connectivity index (χ1) is 18.9. The molecule has 11 heteroatoms. The van der Waals surface area contributed by atoms with E-state index in [0.29, 0.717) is 57.4 Å². The van der Waals surface area contributed by atoms with Crippen molar-refractivity contribution in [2.45, 2.75) is 19.4 Å². The Kier molecular flexibility index (Phi) is 6.58. The molecule has 39 heavy (non-hydrogen) atoms. The number of alkyl halides is 1. The number of ether oxygens (including phenoxy) is 1. The highest BCUT2D eigenvalue weighted by molar-refractivity contribution is 7.21. The summed E-state index contributed by atoms with van der Waals surface area (Å²) in [6, 6.07) is 16.3. The molecule has 4 amide bonds. The van der Waals surface area contributed by atoms with E-state index in [1.54, 1.807) is 22.1 Å². The van der Waals surface area contributed by atoms with Gasteiger partial charge in [-0.2, -0.15) is 0 Å². The molecule has 0 aliphatic carbocycles. The first-order valence-corrected chi connectivity index (χ1v) is 13.8. The molecule has 1 saturated heterocycles. The van der Waals surface area contributed by atoms with Gasteiger partial charge in [0.05, 0.1) is 22.4 Å². The predicted octanol–water partition coefficient (Wildman–Crippen LogP) is 5.65. The van der Waals surface area contributed by atoms with Gasteiger partial charge in [-0.25, -0.2) is 9.78 Å². The van der Waals surface area contributed by atoms with E-state index in [1.165, 1.54) is 11.3 Å². The summed E-state index contributed by atoms with van der Waals surface area (Å²) in [5.41, 5.74) is 2.63. The molecule has 198 valence electrons. The van der Waals surface area contributed by atoms with Crippen molar-refractivity contribution < 1.29 is 19.1 Å². The van der Waals surface area contributed by atoms with Crippen molar-refractivity contribution in [3.05, 3.63) is 71.2 Å². The first kappa shape index (κ1) is 25.1. The number of amides is 4. The number of halogens is 1. The monoisotopic (exact) mass is 561 g/mol. The molecule has 1 fully saturated rings. The maximum atomic E-state index is 13.5. The molecule has 0 bridgehead atoms. The number of para-hydroxylation sites is 1. The molecule has 2 aromatic carbocycles. The van der Waals surface area contributed by atoms with Crippen LogP contribution in [0.3, 0.4) is 0 Å². The molecule has 0 saturated carbocycles. The normalized spacial score (nSPS) is 16.4. The number of carbonyl (C=O) groups is 3. The summed E-state index contributed by atoms with van der Waals surface area (Å²) in [7, 11) is 0. The number of hydrogen-bond acceptors (Lipinski definition) is 6. The number of anilines is 3. The summed E-state index contributed by atoms with van der Waals surface area (Å²) in [5, 5.41) is 6.64. The van der Waals surface area contributed by atoms with Crippen LogP contribution in [0.5, 0.6) is 11.5 Å². The second kappa shape index (κ2) is 10.2. The fraction of sp³-hybridized carbons (Fsp3) is 0.214. The van der Waals surface area contributed by atoms with Gasteiger partial charge in [-0.05, 0) is 55.3 Å². The number of likely N-dealkylation sites (tertiary alicyclic amines) is 1. The number of aromatic nitrogens is 1. The molecule has 0 unspecified atom stereocenters. The largest absolute Gasteiger partial charge is 0.457 e. The van der Waals surface area contributed by atoms with E-state index in [2.05, 4.69) is 15.6 Å². The van der Waals surface area contributed by atoms with Crippen molar-refractivity contribution >= 4 is 68.1 Å². The molecule has 4 aromatic rings.